The molecule has 30 heavy (non-hydrogen) atoms. The summed E-state index contributed by atoms with van der Waals surface area (Å²) in [6, 6.07) is 9.64. The van der Waals surface area contributed by atoms with Gasteiger partial charge in [0, 0.05) is 28.9 Å². The van der Waals surface area contributed by atoms with Gasteiger partial charge in [-0.25, -0.2) is 9.50 Å². The maximum absolute atomic E-state index is 4.76. The molecule has 6 heteroatoms. The number of hydrogen-bond donors (Lipinski definition) is 2. The summed E-state index contributed by atoms with van der Waals surface area (Å²) in [5.41, 5.74) is 10.5. The highest BCUT2D eigenvalue weighted by Gasteiger charge is 2.22. The van der Waals surface area contributed by atoms with E-state index in [-0.39, 0.29) is 0 Å². The average molecular weight is 401 g/mol. The van der Waals surface area contributed by atoms with Gasteiger partial charge in [-0.1, -0.05) is 26.0 Å². The SMILES string of the molecule is CNC1CCc2cc(-c3[nH]nc(-c4cc(C)c5ncnn5c4)c3C(C)C)ccc2C1. The lowest BCUT2D eigenvalue weighted by atomic mass is 9.86. The Morgan fingerprint density at radius 2 is 2.03 bits per heavy atom. The molecule has 0 aliphatic heterocycles. The molecule has 154 valence electrons. The molecule has 1 unspecified atom stereocenters. The summed E-state index contributed by atoms with van der Waals surface area (Å²) >= 11 is 0. The van der Waals surface area contributed by atoms with Crippen molar-refractivity contribution in [2.24, 2.45) is 0 Å². The van der Waals surface area contributed by atoms with Gasteiger partial charge < -0.3 is 5.32 Å². The van der Waals surface area contributed by atoms with Gasteiger partial charge in [-0.2, -0.15) is 10.2 Å². The molecule has 1 aromatic carbocycles. The Balaban J connectivity index is 1.60. The van der Waals surface area contributed by atoms with E-state index in [4.69, 9.17) is 5.10 Å². The van der Waals surface area contributed by atoms with Gasteiger partial charge in [0.25, 0.3) is 0 Å². The zero-order valence-corrected chi connectivity index (χ0v) is 18.0. The van der Waals surface area contributed by atoms with Crippen LogP contribution in [0.2, 0.25) is 0 Å². The molecule has 0 spiro atoms. The standard InChI is InChI=1S/C24H28N6/c1-14(2)21-22(18-6-5-17-11-20(25-4)8-7-16(17)10-18)28-29-23(21)19-9-15(3)24-26-13-27-30(24)12-19/h5-6,9-10,12-14,20,25H,7-8,11H2,1-4H3,(H,28,29). The third-order valence-electron chi connectivity index (χ3n) is 6.35. The number of rotatable bonds is 4. The Kier molecular flexibility index (Phi) is 4.66. The topological polar surface area (TPSA) is 70.9 Å². The van der Waals surface area contributed by atoms with Crippen LogP contribution < -0.4 is 5.32 Å². The summed E-state index contributed by atoms with van der Waals surface area (Å²) in [5, 5.41) is 15.9. The first-order valence-corrected chi connectivity index (χ1v) is 10.7. The minimum absolute atomic E-state index is 0.338. The number of nitrogens with one attached hydrogen (secondary N) is 2. The highest BCUT2D eigenvalue weighted by molar-refractivity contribution is 5.76. The number of benzene rings is 1. The third kappa shape index (κ3) is 3.12. The van der Waals surface area contributed by atoms with E-state index in [2.05, 4.69) is 72.6 Å². The fourth-order valence-electron chi connectivity index (χ4n) is 4.73. The van der Waals surface area contributed by atoms with Crippen LogP contribution >= 0.6 is 0 Å². The molecule has 0 saturated carbocycles. The van der Waals surface area contributed by atoms with Gasteiger partial charge in [-0.15, -0.1) is 0 Å². The van der Waals surface area contributed by atoms with Gasteiger partial charge in [0.05, 0.1) is 11.4 Å². The first kappa shape index (κ1) is 19.0. The molecule has 3 heterocycles. The number of aromatic nitrogens is 5. The minimum atomic E-state index is 0.338. The van der Waals surface area contributed by atoms with E-state index in [1.807, 2.05) is 10.7 Å². The van der Waals surface area contributed by atoms with Gasteiger partial charge in [-0.3, -0.25) is 5.10 Å². The van der Waals surface area contributed by atoms with Crippen LogP contribution in [0, 0.1) is 6.92 Å². The molecule has 0 radical (unpaired) electrons. The van der Waals surface area contributed by atoms with E-state index in [1.54, 1.807) is 6.33 Å². The first-order chi connectivity index (χ1) is 14.5. The van der Waals surface area contributed by atoms with Crippen molar-refractivity contribution < 1.29 is 0 Å². The summed E-state index contributed by atoms with van der Waals surface area (Å²) in [4.78, 5) is 4.33. The molecule has 0 saturated heterocycles. The lowest BCUT2D eigenvalue weighted by molar-refractivity contribution is 0.496. The molecule has 4 aromatic rings. The van der Waals surface area contributed by atoms with E-state index < -0.39 is 0 Å². The largest absolute Gasteiger partial charge is 0.317 e. The van der Waals surface area contributed by atoms with Crippen LogP contribution in [-0.4, -0.2) is 37.9 Å². The van der Waals surface area contributed by atoms with Crippen molar-refractivity contribution in [2.45, 2.75) is 52.0 Å². The van der Waals surface area contributed by atoms with Crippen LogP contribution in [0.5, 0.6) is 0 Å². The molecule has 1 aliphatic carbocycles. The van der Waals surface area contributed by atoms with Crippen LogP contribution in [0.1, 0.15) is 48.4 Å². The van der Waals surface area contributed by atoms with Gasteiger partial charge in [0.15, 0.2) is 5.65 Å². The zero-order valence-electron chi connectivity index (χ0n) is 18.0. The Labute approximate surface area is 176 Å². The predicted molar refractivity (Wildman–Crippen MR) is 120 cm³/mol. The number of likely N-dealkylation sites (N-methyl/N-ethyl adjacent to an activating group) is 1. The van der Waals surface area contributed by atoms with E-state index in [0.717, 1.165) is 41.0 Å². The molecule has 0 fully saturated rings. The number of nitrogens with zero attached hydrogens (tertiary/aromatic N) is 4. The van der Waals surface area contributed by atoms with Crippen molar-refractivity contribution >= 4 is 5.65 Å². The predicted octanol–water partition coefficient (Wildman–Crippen LogP) is 4.29. The van der Waals surface area contributed by atoms with Crippen LogP contribution in [0.15, 0.2) is 36.8 Å². The molecule has 0 amide bonds. The van der Waals surface area contributed by atoms with Crippen molar-refractivity contribution in [3.63, 3.8) is 0 Å². The smallest absolute Gasteiger partial charge is 0.158 e. The van der Waals surface area contributed by atoms with E-state index >= 15 is 0 Å². The molecular formula is C24H28N6. The fraction of sp³-hybridized carbons (Fsp3) is 0.375. The lowest BCUT2D eigenvalue weighted by Gasteiger charge is -2.24. The molecule has 6 nitrogen and oxygen atoms in total. The molecular weight excluding hydrogens is 372 g/mol. The van der Waals surface area contributed by atoms with Gasteiger partial charge in [0.2, 0.25) is 0 Å². The van der Waals surface area contributed by atoms with Crippen molar-refractivity contribution in [1.82, 2.24) is 30.1 Å². The van der Waals surface area contributed by atoms with Crippen LogP contribution in [0.3, 0.4) is 0 Å². The molecule has 1 atom stereocenters. The van der Waals surface area contributed by atoms with Crippen LogP contribution in [-0.2, 0) is 12.8 Å². The summed E-state index contributed by atoms with van der Waals surface area (Å²) in [6.45, 7) is 6.53. The summed E-state index contributed by atoms with van der Waals surface area (Å²) in [7, 11) is 2.06. The quantitative estimate of drug-likeness (QED) is 0.536. The third-order valence-corrected chi connectivity index (χ3v) is 6.35. The zero-order chi connectivity index (χ0) is 20.8. The summed E-state index contributed by atoms with van der Waals surface area (Å²) < 4.78 is 1.83. The highest BCUT2D eigenvalue weighted by atomic mass is 15.3. The van der Waals surface area contributed by atoms with Crippen molar-refractivity contribution in [3.8, 4) is 22.5 Å². The van der Waals surface area contributed by atoms with Crippen molar-refractivity contribution in [2.75, 3.05) is 7.05 Å². The Hall–Kier alpha value is -2.99. The second kappa shape index (κ2) is 7.36. The van der Waals surface area contributed by atoms with E-state index in [0.29, 0.717) is 12.0 Å². The Morgan fingerprint density at radius 1 is 1.17 bits per heavy atom. The van der Waals surface area contributed by atoms with E-state index in [1.165, 1.54) is 28.7 Å². The second-order valence-corrected chi connectivity index (χ2v) is 8.67. The summed E-state index contributed by atoms with van der Waals surface area (Å²) in [6.07, 6.45) is 7.03. The molecule has 5 rings (SSSR count). The number of hydrogen-bond acceptors (Lipinski definition) is 4. The van der Waals surface area contributed by atoms with Crippen LogP contribution in [0.4, 0.5) is 0 Å². The van der Waals surface area contributed by atoms with Crippen molar-refractivity contribution in [3.05, 3.63) is 59.0 Å². The number of aromatic amines is 1. The number of pyridine rings is 1. The Bertz CT molecular complexity index is 1220. The monoisotopic (exact) mass is 400 g/mol. The lowest BCUT2D eigenvalue weighted by Crippen LogP contribution is -2.31. The molecule has 1 aliphatic rings. The van der Waals surface area contributed by atoms with Gasteiger partial charge >= 0.3 is 0 Å². The summed E-state index contributed by atoms with van der Waals surface area (Å²) in [5.74, 6) is 0.338. The average Bonchev–Trinajstić information content (AvgIpc) is 3.40. The Morgan fingerprint density at radius 3 is 2.83 bits per heavy atom. The number of aryl methyl sites for hydroxylation is 2. The molecule has 0 bridgehead atoms. The van der Waals surface area contributed by atoms with E-state index in [9.17, 15) is 0 Å². The minimum Gasteiger partial charge on any atom is -0.317 e. The first-order valence-electron chi connectivity index (χ1n) is 10.7. The number of fused-ring (bicyclic) bond motifs is 2. The molecule has 2 N–H and O–H groups in total. The van der Waals surface area contributed by atoms with Crippen molar-refractivity contribution in [1.29, 1.82) is 0 Å². The highest BCUT2D eigenvalue weighted by Crippen LogP contribution is 2.37. The fourth-order valence-corrected chi connectivity index (χ4v) is 4.73. The molecule has 3 aromatic heterocycles. The van der Waals surface area contributed by atoms with Crippen LogP contribution in [0.25, 0.3) is 28.2 Å². The normalized spacial score (nSPS) is 16.4. The maximum Gasteiger partial charge on any atom is 0.158 e. The maximum atomic E-state index is 4.76. The second-order valence-electron chi connectivity index (χ2n) is 8.67. The van der Waals surface area contributed by atoms with Gasteiger partial charge in [-0.05, 0) is 68.0 Å². The van der Waals surface area contributed by atoms with Gasteiger partial charge in [0.1, 0.15) is 6.33 Å². The number of H-pyrrole nitrogens is 1.